The molecular weight excluding hydrogens is 412 g/mol. The van der Waals surface area contributed by atoms with Crippen molar-refractivity contribution in [2.75, 3.05) is 14.2 Å². The molecule has 0 aromatic rings. The van der Waals surface area contributed by atoms with Crippen molar-refractivity contribution in [1.82, 2.24) is 0 Å². The van der Waals surface area contributed by atoms with Crippen molar-refractivity contribution >= 4 is 44.8 Å². The van der Waals surface area contributed by atoms with Gasteiger partial charge >= 0.3 is 11.9 Å². The van der Waals surface area contributed by atoms with Crippen LogP contribution < -0.4 is 0 Å². The first-order valence-electron chi connectivity index (χ1n) is 7.22. The van der Waals surface area contributed by atoms with Crippen molar-refractivity contribution < 1.29 is 44.3 Å². The van der Waals surface area contributed by atoms with E-state index >= 15 is 0 Å². The number of carbonyl (C=O) groups is 2. The van der Waals surface area contributed by atoms with Crippen molar-refractivity contribution in [3.8, 4) is 0 Å². The molecule has 154 valence electrons. The molecule has 0 aromatic carbocycles. The number of ether oxygens (including phenoxy) is 2. The molecule has 3 atom stereocenters. The Hall–Kier alpha value is -0.890. The van der Waals surface area contributed by atoms with E-state index in [1.807, 2.05) is 0 Å². The summed E-state index contributed by atoms with van der Waals surface area (Å²) in [5.74, 6) is -1.95. The van der Waals surface area contributed by atoms with E-state index in [-0.39, 0.29) is 0 Å². The summed E-state index contributed by atoms with van der Waals surface area (Å²) in [7, 11) is -7.33. The van der Waals surface area contributed by atoms with Crippen LogP contribution in [0.5, 0.6) is 0 Å². The van der Waals surface area contributed by atoms with Gasteiger partial charge in [0.15, 0.2) is 16.3 Å². The number of thiol groups is 1. The van der Waals surface area contributed by atoms with Crippen LogP contribution in [0.25, 0.3) is 0 Å². The highest BCUT2D eigenvalue weighted by atomic mass is 32.3. The van der Waals surface area contributed by atoms with Crippen LogP contribution in [0.15, 0.2) is 0 Å². The minimum atomic E-state index is -4.73. The van der Waals surface area contributed by atoms with Gasteiger partial charge in [-0.25, -0.2) is 9.59 Å². The number of carbonyl (C=O) groups excluding carboxylic acids is 2. The van der Waals surface area contributed by atoms with E-state index < -0.39 is 53.2 Å². The predicted molar refractivity (Wildman–Crippen MR) is 94.4 cm³/mol. The van der Waals surface area contributed by atoms with E-state index in [4.69, 9.17) is 8.37 Å². The van der Waals surface area contributed by atoms with E-state index in [9.17, 15) is 26.4 Å². The first-order chi connectivity index (χ1) is 11.5. The standard InChI is InChI=1S/C13H24O10S3/c1-8(10(14)20-6)22-25(16,17)12(3,4)13(5,24)26(18,19)23-9(2)11(15)21-7/h8-9,24H,1-7H3. The molecule has 0 amide bonds. The van der Waals surface area contributed by atoms with E-state index in [1.54, 1.807) is 0 Å². The van der Waals surface area contributed by atoms with Gasteiger partial charge in [0.25, 0.3) is 20.2 Å². The van der Waals surface area contributed by atoms with Crippen molar-refractivity contribution in [2.45, 2.75) is 55.7 Å². The summed E-state index contributed by atoms with van der Waals surface area (Å²) in [4.78, 5) is 22.8. The normalized spacial score (nSPS) is 17.7. The summed E-state index contributed by atoms with van der Waals surface area (Å²) in [6.07, 6.45) is -3.03. The minimum Gasteiger partial charge on any atom is -0.467 e. The van der Waals surface area contributed by atoms with Crippen LogP contribution in [0.3, 0.4) is 0 Å². The Kier molecular flexibility index (Phi) is 8.13. The third-order valence-electron chi connectivity index (χ3n) is 3.84. The van der Waals surface area contributed by atoms with Gasteiger partial charge in [0, 0.05) is 0 Å². The van der Waals surface area contributed by atoms with Gasteiger partial charge in [-0.3, -0.25) is 8.37 Å². The maximum absolute atomic E-state index is 12.6. The molecule has 0 aliphatic heterocycles. The molecule has 3 unspecified atom stereocenters. The van der Waals surface area contributed by atoms with Crippen molar-refractivity contribution in [1.29, 1.82) is 0 Å². The molecule has 0 saturated carbocycles. The smallest absolute Gasteiger partial charge is 0.336 e. The minimum absolute atomic E-state index is 0.969. The van der Waals surface area contributed by atoms with Gasteiger partial charge in [-0.05, 0) is 34.6 Å². The first-order valence-corrected chi connectivity index (χ1v) is 10.5. The summed E-state index contributed by atoms with van der Waals surface area (Å²) in [5.41, 5.74) is 0. The van der Waals surface area contributed by atoms with E-state index in [2.05, 4.69) is 22.1 Å². The molecule has 0 spiro atoms. The van der Waals surface area contributed by atoms with Crippen molar-refractivity contribution in [2.24, 2.45) is 0 Å². The third-order valence-corrected chi connectivity index (χ3v) is 9.57. The third kappa shape index (κ3) is 4.88. The Morgan fingerprint density at radius 1 is 0.808 bits per heavy atom. The quantitative estimate of drug-likeness (QED) is 0.303. The topological polar surface area (TPSA) is 139 Å². The van der Waals surface area contributed by atoms with E-state index in [1.165, 1.54) is 0 Å². The Balaban J connectivity index is 5.85. The molecule has 0 aliphatic carbocycles. The van der Waals surface area contributed by atoms with Crippen LogP contribution in [-0.4, -0.2) is 64.0 Å². The van der Waals surface area contributed by atoms with Crippen molar-refractivity contribution in [3.05, 3.63) is 0 Å². The number of methoxy groups -OCH3 is 2. The summed E-state index contributed by atoms with van der Waals surface area (Å²) in [6, 6.07) is 0. The lowest BCUT2D eigenvalue weighted by Crippen LogP contribution is -2.56. The number of hydrogen-bond acceptors (Lipinski definition) is 11. The molecule has 0 aromatic heterocycles. The van der Waals surface area contributed by atoms with Crippen LogP contribution in [0.4, 0.5) is 0 Å². The molecule has 13 heteroatoms. The maximum Gasteiger partial charge on any atom is 0.336 e. The van der Waals surface area contributed by atoms with Gasteiger partial charge in [-0.15, -0.1) is 0 Å². The van der Waals surface area contributed by atoms with E-state index in [0.29, 0.717) is 0 Å². The van der Waals surface area contributed by atoms with Gasteiger partial charge in [-0.2, -0.15) is 29.5 Å². The molecule has 0 rings (SSSR count). The molecule has 0 saturated heterocycles. The lowest BCUT2D eigenvalue weighted by atomic mass is 10.1. The van der Waals surface area contributed by atoms with E-state index in [0.717, 1.165) is 48.8 Å². The molecule has 0 radical (unpaired) electrons. The fourth-order valence-electron chi connectivity index (χ4n) is 1.54. The molecule has 0 fully saturated rings. The monoisotopic (exact) mass is 436 g/mol. The van der Waals surface area contributed by atoms with Crippen LogP contribution in [0.1, 0.15) is 34.6 Å². The van der Waals surface area contributed by atoms with Gasteiger partial charge in [0.2, 0.25) is 0 Å². The Morgan fingerprint density at radius 2 is 1.12 bits per heavy atom. The zero-order valence-electron chi connectivity index (χ0n) is 15.5. The number of hydrogen-bond donors (Lipinski definition) is 1. The fourth-order valence-corrected chi connectivity index (χ4v) is 5.03. The van der Waals surface area contributed by atoms with Crippen LogP contribution in [0, 0.1) is 0 Å². The molecule has 0 bridgehead atoms. The summed E-state index contributed by atoms with van der Waals surface area (Å²) >= 11 is 3.97. The highest BCUT2D eigenvalue weighted by Gasteiger charge is 2.59. The Labute approximate surface area is 159 Å². The zero-order chi connectivity index (χ0) is 21.1. The van der Waals surface area contributed by atoms with Gasteiger partial charge in [0.1, 0.15) is 4.75 Å². The maximum atomic E-state index is 12.6. The highest BCUT2D eigenvalue weighted by Crippen LogP contribution is 2.42. The largest absolute Gasteiger partial charge is 0.467 e. The molecule has 0 aliphatic rings. The average molecular weight is 437 g/mol. The molecule has 0 N–H and O–H groups in total. The number of rotatable bonds is 9. The molecule has 0 heterocycles. The number of esters is 2. The first kappa shape index (κ1) is 25.1. The van der Waals surface area contributed by atoms with Crippen LogP contribution in [-0.2, 0) is 47.7 Å². The molecule has 10 nitrogen and oxygen atoms in total. The summed E-state index contributed by atoms with van der Waals surface area (Å²) in [6.45, 7) is 5.27. The van der Waals surface area contributed by atoms with Gasteiger partial charge in [0.05, 0.1) is 14.2 Å². The molecule has 26 heavy (non-hydrogen) atoms. The second-order valence-electron chi connectivity index (χ2n) is 5.92. The second-order valence-corrected chi connectivity index (χ2v) is 11.2. The lowest BCUT2D eigenvalue weighted by Gasteiger charge is -2.38. The average Bonchev–Trinajstić information content (AvgIpc) is 2.51. The highest BCUT2D eigenvalue weighted by molar-refractivity contribution is 8.05. The molecular formula is C13H24O10S3. The summed E-state index contributed by atoms with van der Waals surface area (Å²) < 4.78 is 63.8. The Bertz CT molecular complexity index is 672. The van der Waals surface area contributed by atoms with Crippen molar-refractivity contribution in [3.63, 3.8) is 0 Å². The Morgan fingerprint density at radius 3 is 1.42 bits per heavy atom. The SMILES string of the molecule is COC(=O)C(C)OS(=O)(=O)C(C)(C)C(C)(S)S(=O)(=O)OC(C)C(=O)OC. The van der Waals surface area contributed by atoms with Crippen LogP contribution in [0.2, 0.25) is 0 Å². The van der Waals surface area contributed by atoms with Gasteiger partial charge < -0.3 is 9.47 Å². The second kappa shape index (κ2) is 8.42. The van der Waals surface area contributed by atoms with Gasteiger partial charge in [-0.1, -0.05) is 0 Å². The van der Waals surface area contributed by atoms with Crippen LogP contribution >= 0.6 is 12.6 Å². The fraction of sp³-hybridized carbons (Fsp3) is 0.846. The summed E-state index contributed by atoms with van der Waals surface area (Å²) in [5, 5.41) is 0. The predicted octanol–water partition coefficient (Wildman–Crippen LogP) is 0.227. The zero-order valence-corrected chi connectivity index (χ0v) is 18.0. The lowest BCUT2D eigenvalue weighted by molar-refractivity contribution is -0.148.